The van der Waals surface area contributed by atoms with Crippen LogP contribution in [0.15, 0.2) is 0 Å². The molecule has 0 saturated carbocycles. The van der Waals surface area contributed by atoms with Crippen molar-refractivity contribution in [3.05, 3.63) is 0 Å². The van der Waals surface area contributed by atoms with Crippen molar-refractivity contribution in [1.29, 1.82) is 0 Å². The van der Waals surface area contributed by atoms with E-state index in [4.69, 9.17) is 0 Å². The molecular weight excluding hydrogens is 651 g/mol. The van der Waals surface area contributed by atoms with Crippen molar-refractivity contribution in [3.8, 4) is 0 Å². The standard InChI is InChI=1S/C49H99NO3/c1-3-5-7-9-11-13-15-16-17-18-19-20-21-22-23-24-25-26-27-28-29-30-31-32-33-35-37-39-41-43-45-49(53)50-47(46-51)48(52)44-42-40-38-36-34-14-12-10-8-6-4-2/h47-48,51-52H,3-46H2,1-2H3,(H,50,53)/t47-,48+/m0/s1. The number of hydrogen-bond donors (Lipinski definition) is 3. The molecule has 4 nitrogen and oxygen atoms in total. The molecule has 0 spiro atoms. The number of unbranched alkanes of at least 4 members (excludes halogenated alkanes) is 39. The Morgan fingerprint density at radius 2 is 0.604 bits per heavy atom. The highest BCUT2D eigenvalue weighted by Crippen LogP contribution is 2.18. The van der Waals surface area contributed by atoms with Crippen molar-refractivity contribution >= 4 is 5.91 Å². The molecule has 1 amide bonds. The molecule has 318 valence electrons. The van der Waals surface area contributed by atoms with E-state index in [1.807, 2.05) is 0 Å². The Kier molecular flexibility index (Phi) is 45.3. The van der Waals surface area contributed by atoms with E-state index in [1.165, 1.54) is 238 Å². The molecule has 0 aliphatic heterocycles. The van der Waals surface area contributed by atoms with Gasteiger partial charge in [-0.05, 0) is 12.8 Å². The van der Waals surface area contributed by atoms with Crippen LogP contribution in [0.3, 0.4) is 0 Å². The molecule has 0 saturated heterocycles. The zero-order valence-electron chi connectivity index (χ0n) is 36.6. The quantitative estimate of drug-likeness (QED) is 0.0543. The van der Waals surface area contributed by atoms with Crippen LogP contribution in [0.1, 0.15) is 290 Å². The first kappa shape index (κ1) is 52.4. The lowest BCUT2D eigenvalue weighted by Crippen LogP contribution is -2.45. The first-order chi connectivity index (χ1) is 26.2. The van der Waals surface area contributed by atoms with Gasteiger partial charge in [0.25, 0.3) is 0 Å². The third-order valence-corrected chi connectivity index (χ3v) is 11.9. The molecule has 0 fully saturated rings. The Morgan fingerprint density at radius 1 is 0.377 bits per heavy atom. The third kappa shape index (κ3) is 42.4. The monoisotopic (exact) mass is 750 g/mol. The molecule has 3 N–H and O–H groups in total. The zero-order chi connectivity index (χ0) is 38.6. The van der Waals surface area contributed by atoms with Gasteiger partial charge in [0.05, 0.1) is 18.8 Å². The van der Waals surface area contributed by atoms with Crippen molar-refractivity contribution in [2.45, 2.75) is 302 Å². The Bertz CT molecular complexity index is 685. The minimum atomic E-state index is -0.652. The molecule has 53 heavy (non-hydrogen) atoms. The summed E-state index contributed by atoms with van der Waals surface area (Å²) in [6.45, 7) is 4.38. The van der Waals surface area contributed by atoms with Crippen LogP contribution in [0.2, 0.25) is 0 Å². The minimum Gasteiger partial charge on any atom is -0.394 e. The first-order valence-electron chi connectivity index (χ1n) is 24.7. The largest absolute Gasteiger partial charge is 0.394 e. The lowest BCUT2D eigenvalue weighted by molar-refractivity contribution is -0.123. The molecule has 0 rings (SSSR count). The van der Waals surface area contributed by atoms with Gasteiger partial charge in [0.15, 0.2) is 0 Å². The fourth-order valence-corrected chi connectivity index (χ4v) is 8.07. The maximum atomic E-state index is 12.4. The van der Waals surface area contributed by atoms with Crippen molar-refractivity contribution in [3.63, 3.8) is 0 Å². The molecule has 2 atom stereocenters. The summed E-state index contributed by atoms with van der Waals surface area (Å²) >= 11 is 0. The van der Waals surface area contributed by atoms with E-state index in [0.29, 0.717) is 12.8 Å². The van der Waals surface area contributed by atoms with Gasteiger partial charge in [0.1, 0.15) is 0 Å². The summed E-state index contributed by atoms with van der Waals surface area (Å²) in [6, 6.07) is -0.529. The topological polar surface area (TPSA) is 69.6 Å². The van der Waals surface area contributed by atoms with Gasteiger partial charge in [-0.1, -0.05) is 271 Å². The molecule has 0 radical (unpaired) electrons. The lowest BCUT2D eigenvalue weighted by Gasteiger charge is -2.22. The number of nitrogens with one attached hydrogen (secondary N) is 1. The summed E-state index contributed by atoms with van der Waals surface area (Å²) in [6.07, 6.45) is 56.5. The van der Waals surface area contributed by atoms with E-state index in [1.54, 1.807) is 0 Å². The molecule has 0 aromatic rings. The molecule has 4 heteroatoms. The number of aliphatic hydroxyl groups is 2. The number of aliphatic hydroxyl groups excluding tert-OH is 2. The van der Waals surface area contributed by atoms with Crippen LogP contribution >= 0.6 is 0 Å². The molecular formula is C49H99NO3. The second kappa shape index (κ2) is 45.8. The number of rotatable bonds is 46. The van der Waals surface area contributed by atoms with E-state index in [-0.39, 0.29) is 12.5 Å². The highest BCUT2D eigenvalue weighted by atomic mass is 16.3. The second-order valence-electron chi connectivity index (χ2n) is 17.3. The van der Waals surface area contributed by atoms with Crippen molar-refractivity contribution < 1.29 is 15.0 Å². The molecule has 0 aliphatic carbocycles. The molecule has 0 aromatic carbocycles. The highest BCUT2D eigenvalue weighted by molar-refractivity contribution is 5.76. The predicted octanol–water partition coefficient (Wildman–Crippen LogP) is 15.6. The zero-order valence-corrected chi connectivity index (χ0v) is 36.6. The lowest BCUT2D eigenvalue weighted by atomic mass is 10.0. The molecule has 0 bridgehead atoms. The summed E-state index contributed by atoms with van der Waals surface area (Å²) in [5.74, 6) is -0.0257. The van der Waals surface area contributed by atoms with Gasteiger partial charge in [-0.15, -0.1) is 0 Å². The number of amides is 1. The summed E-state index contributed by atoms with van der Waals surface area (Å²) in [4.78, 5) is 12.4. The second-order valence-corrected chi connectivity index (χ2v) is 17.3. The highest BCUT2D eigenvalue weighted by Gasteiger charge is 2.20. The SMILES string of the molecule is CCCCCCCCCCCCCCCCCCCCCCCCCCCCCCCCC(=O)N[C@@H](CO)[C@H](O)CCCCCCCCCCCCC. The summed E-state index contributed by atoms with van der Waals surface area (Å²) in [5.41, 5.74) is 0. The van der Waals surface area contributed by atoms with E-state index in [2.05, 4.69) is 19.2 Å². The van der Waals surface area contributed by atoms with Gasteiger partial charge in [-0.25, -0.2) is 0 Å². The van der Waals surface area contributed by atoms with Crippen LogP contribution < -0.4 is 5.32 Å². The predicted molar refractivity (Wildman–Crippen MR) is 235 cm³/mol. The Labute approximate surface area is 334 Å². The van der Waals surface area contributed by atoms with Crippen molar-refractivity contribution in [1.82, 2.24) is 5.32 Å². The van der Waals surface area contributed by atoms with Gasteiger partial charge < -0.3 is 15.5 Å². The molecule has 0 heterocycles. The number of hydrogen-bond acceptors (Lipinski definition) is 3. The smallest absolute Gasteiger partial charge is 0.220 e. The van der Waals surface area contributed by atoms with Gasteiger partial charge in [-0.3, -0.25) is 4.79 Å². The number of carbonyl (C=O) groups is 1. The Hall–Kier alpha value is -0.610. The Balaban J connectivity index is 3.35. The van der Waals surface area contributed by atoms with Crippen LogP contribution in [0.25, 0.3) is 0 Å². The maximum absolute atomic E-state index is 12.4. The van der Waals surface area contributed by atoms with Crippen LogP contribution in [-0.4, -0.2) is 34.9 Å². The van der Waals surface area contributed by atoms with Gasteiger partial charge >= 0.3 is 0 Å². The Morgan fingerprint density at radius 3 is 0.849 bits per heavy atom. The summed E-state index contributed by atoms with van der Waals surface area (Å²) in [7, 11) is 0. The molecule has 0 unspecified atom stereocenters. The van der Waals surface area contributed by atoms with Gasteiger partial charge in [-0.2, -0.15) is 0 Å². The van der Waals surface area contributed by atoms with Crippen molar-refractivity contribution in [2.24, 2.45) is 0 Å². The van der Waals surface area contributed by atoms with E-state index in [9.17, 15) is 15.0 Å². The summed E-state index contributed by atoms with van der Waals surface area (Å²) in [5, 5.41) is 23.1. The van der Waals surface area contributed by atoms with Gasteiger partial charge in [0.2, 0.25) is 5.91 Å². The van der Waals surface area contributed by atoms with Crippen LogP contribution in [0.4, 0.5) is 0 Å². The first-order valence-corrected chi connectivity index (χ1v) is 24.7. The average molecular weight is 750 g/mol. The normalized spacial score (nSPS) is 12.8. The molecule has 0 aliphatic rings. The van der Waals surface area contributed by atoms with Crippen LogP contribution in [0, 0.1) is 0 Å². The van der Waals surface area contributed by atoms with Crippen LogP contribution in [0.5, 0.6) is 0 Å². The van der Waals surface area contributed by atoms with Crippen LogP contribution in [-0.2, 0) is 4.79 Å². The molecule has 0 aromatic heterocycles. The van der Waals surface area contributed by atoms with E-state index >= 15 is 0 Å². The third-order valence-electron chi connectivity index (χ3n) is 11.9. The average Bonchev–Trinajstić information content (AvgIpc) is 3.16. The van der Waals surface area contributed by atoms with Crippen molar-refractivity contribution in [2.75, 3.05) is 6.61 Å². The minimum absolute atomic E-state index is 0.0257. The maximum Gasteiger partial charge on any atom is 0.220 e. The fraction of sp³-hybridized carbons (Fsp3) is 0.980. The van der Waals surface area contributed by atoms with E-state index < -0.39 is 12.1 Å². The number of carbonyl (C=O) groups excluding carboxylic acids is 1. The fourth-order valence-electron chi connectivity index (χ4n) is 8.07. The van der Waals surface area contributed by atoms with Gasteiger partial charge in [0, 0.05) is 6.42 Å². The summed E-state index contributed by atoms with van der Waals surface area (Å²) < 4.78 is 0. The van der Waals surface area contributed by atoms with E-state index in [0.717, 1.165) is 25.7 Å².